The van der Waals surface area contributed by atoms with Gasteiger partial charge >= 0.3 is 6.18 Å². The van der Waals surface area contributed by atoms with Crippen molar-refractivity contribution in [3.63, 3.8) is 0 Å². The molecule has 2 heterocycles. The highest BCUT2D eigenvalue weighted by atomic mass is 19.4. The van der Waals surface area contributed by atoms with Crippen molar-refractivity contribution in [2.75, 3.05) is 6.54 Å². The molecule has 0 aliphatic carbocycles. The van der Waals surface area contributed by atoms with Crippen molar-refractivity contribution in [3.05, 3.63) is 65.7 Å². The maximum absolute atomic E-state index is 12.5. The summed E-state index contributed by atoms with van der Waals surface area (Å²) in [5, 5.41) is 13.8. The van der Waals surface area contributed by atoms with Crippen LogP contribution >= 0.6 is 0 Å². The third-order valence-corrected chi connectivity index (χ3v) is 3.87. The van der Waals surface area contributed by atoms with E-state index in [0.29, 0.717) is 5.58 Å². The summed E-state index contributed by atoms with van der Waals surface area (Å²) in [5.74, 6) is -0.382. The van der Waals surface area contributed by atoms with Gasteiger partial charge in [0.15, 0.2) is 0 Å². The van der Waals surface area contributed by atoms with E-state index in [1.165, 1.54) is 6.92 Å². The molecule has 2 N–H and O–H groups in total. The first kappa shape index (κ1) is 17.9. The van der Waals surface area contributed by atoms with Crippen molar-refractivity contribution in [1.29, 1.82) is 0 Å². The number of aliphatic hydroxyl groups is 1. The minimum atomic E-state index is -4.57. The van der Waals surface area contributed by atoms with Crippen LogP contribution in [0.2, 0.25) is 0 Å². The molecule has 0 unspecified atom stereocenters. The highest BCUT2D eigenvalue weighted by molar-refractivity contribution is 5.93. The van der Waals surface area contributed by atoms with Crippen molar-refractivity contribution < 1.29 is 27.5 Å². The van der Waals surface area contributed by atoms with Crippen LogP contribution in [0.25, 0.3) is 11.0 Å². The normalized spacial score (nSPS) is 14.2. The van der Waals surface area contributed by atoms with Crippen LogP contribution in [-0.2, 0) is 11.8 Å². The van der Waals surface area contributed by atoms with Gasteiger partial charge in [0.05, 0.1) is 12.1 Å². The van der Waals surface area contributed by atoms with Crippen LogP contribution < -0.4 is 5.32 Å². The van der Waals surface area contributed by atoms with Gasteiger partial charge in [0, 0.05) is 11.6 Å². The number of benzene rings is 1. The predicted octanol–water partition coefficient (Wildman–Crippen LogP) is 3.48. The molecule has 0 aliphatic rings. The highest BCUT2D eigenvalue weighted by Gasteiger charge is 2.32. The van der Waals surface area contributed by atoms with E-state index in [2.05, 4.69) is 10.3 Å². The summed E-state index contributed by atoms with van der Waals surface area (Å²) < 4.78 is 43.1. The fraction of sp³-hybridized carbons (Fsp3) is 0.222. The summed E-state index contributed by atoms with van der Waals surface area (Å²) >= 11 is 0. The lowest BCUT2D eigenvalue weighted by atomic mass is 10.0. The summed E-state index contributed by atoms with van der Waals surface area (Å²) in [5.41, 5.74) is -2.02. The Morgan fingerprint density at radius 3 is 2.58 bits per heavy atom. The SMILES string of the molecule is C[C@@](O)(CNC(=O)c1ccc(C(F)(F)F)nc1)c1cc2ccccc2o1. The third kappa shape index (κ3) is 3.70. The molecule has 26 heavy (non-hydrogen) atoms. The molecular weight excluding hydrogens is 349 g/mol. The third-order valence-electron chi connectivity index (χ3n) is 3.87. The number of para-hydroxylation sites is 1. The smallest absolute Gasteiger partial charge is 0.433 e. The molecule has 1 amide bonds. The van der Waals surface area contributed by atoms with Gasteiger partial charge in [-0.05, 0) is 31.2 Å². The van der Waals surface area contributed by atoms with Gasteiger partial charge in [0.25, 0.3) is 5.91 Å². The maximum atomic E-state index is 12.5. The molecule has 3 aromatic rings. The van der Waals surface area contributed by atoms with Gasteiger partial charge in [0.2, 0.25) is 0 Å². The number of nitrogens with one attached hydrogen (secondary N) is 1. The Morgan fingerprint density at radius 1 is 1.23 bits per heavy atom. The number of carbonyl (C=O) groups is 1. The fourth-order valence-corrected chi connectivity index (χ4v) is 2.38. The number of hydrogen-bond donors (Lipinski definition) is 2. The second-order valence-electron chi connectivity index (χ2n) is 6.03. The zero-order valence-electron chi connectivity index (χ0n) is 13.7. The summed E-state index contributed by atoms with van der Waals surface area (Å²) in [7, 11) is 0. The second-order valence-corrected chi connectivity index (χ2v) is 6.03. The van der Waals surface area contributed by atoms with Gasteiger partial charge in [-0.2, -0.15) is 13.2 Å². The number of alkyl halides is 3. The van der Waals surface area contributed by atoms with Crippen LogP contribution in [-0.4, -0.2) is 22.5 Å². The Hall–Kier alpha value is -2.87. The van der Waals surface area contributed by atoms with Gasteiger partial charge in [-0.25, -0.2) is 0 Å². The van der Waals surface area contributed by atoms with Crippen LogP contribution in [0.5, 0.6) is 0 Å². The number of furan rings is 1. The van der Waals surface area contributed by atoms with E-state index in [1.54, 1.807) is 18.2 Å². The Morgan fingerprint density at radius 2 is 1.96 bits per heavy atom. The monoisotopic (exact) mass is 364 g/mol. The summed E-state index contributed by atoms with van der Waals surface area (Å²) in [6, 6.07) is 10.6. The summed E-state index contributed by atoms with van der Waals surface area (Å²) in [6.07, 6.45) is -3.73. The van der Waals surface area contributed by atoms with Gasteiger partial charge in [-0.3, -0.25) is 9.78 Å². The Kier molecular flexibility index (Phi) is 4.45. The van der Waals surface area contributed by atoms with Gasteiger partial charge in [0.1, 0.15) is 22.6 Å². The number of amides is 1. The average Bonchev–Trinajstić information content (AvgIpc) is 3.04. The minimum Gasteiger partial charge on any atom is -0.458 e. The predicted molar refractivity (Wildman–Crippen MR) is 87.4 cm³/mol. The van der Waals surface area contributed by atoms with Gasteiger partial charge in [-0.1, -0.05) is 18.2 Å². The first-order chi connectivity index (χ1) is 12.2. The van der Waals surface area contributed by atoms with Crippen molar-refractivity contribution in [2.45, 2.75) is 18.7 Å². The quantitative estimate of drug-likeness (QED) is 0.743. The first-order valence-electron chi connectivity index (χ1n) is 7.70. The Labute approximate surface area is 146 Å². The number of carbonyl (C=O) groups excluding carboxylic acids is 1. The molecule has 0 saturated heterocycles. The molecule has 0 radical (unpaired) electrons. The van der Waals surface area contributed by atoms with E-state index in [0.717, 1.165) is 23.7 Å². The van der Waals surface area contributed by atoms with Gasteiger partial charge < -0.3 is 14.8 Å². The lowest BCUT2D eigenvalue weighted by Gasteiger charge is -2.21. The van der Waals surface area contributed by atoms with Gasteiger partial charge in [-0.15, -0.1) is 0 Å². The lowest BCUT2D eigenvalue weighted by molar-refractivity contribution is -0.141. The number of nitrogens with zero attached hydrogens (tertiary/aromatic N) is 1. The van der Waals surface area contributed by atoms with Crippen molar-refractivity contribution >= 4 is 16.9 Å². The molecule has 0 fully saturated rings. The zero-order valence-corrected chi connectivity index (χ0v) is 13.7. The van der Waals surface area contributed by atoms with Crippen molar-refractivity contribution in [1.82, 2.24) is 10.3 Å². The molecule has 0 aliphatic heterocycles. The molecular formula is C18H15F3N2O3. The molecule has 8 heteroatoms. The number of fused-ring (bicyclic) bond motifs is 1. The molecule has 0 bridgehead atoms. The van der Waals surface area contributed by atoms with Crippen LogP contribution in [0.4, 0.5) is 13.2 Å². The average molecular weight is 364 g/mol. The number of aromatic nitrogens is 1. The Balaban J connectivity index is 1.69. The van der Waals surface area contributed by atoms with E-state index in [1.807, 2.05) is 12.1 Å². The zero-order chi connectivity index (χ0) is 18.9. The number of hydrogen-bond acceptors (Lipinski definition) is 4. The van der Waals surface area contributed by atoms with Crippen LogP contribution in [0.15, 0.2) is 53.1 Å². The number of halogens is 3. The molecule has 1 atom stereocenters. The summed E-state index contributed by atoms with van der Waals surface area (Å²) in [6.45, 7) is 1.28. The number of rotatable bonds is 4. The first-order valence-corrected chi connectivity index (χ1v) is 7.70. The van der Waals surface area contributed by atoms with E-state index in [-0.39, 0.29) is 17.9 Å². The van der Waals surface area contributed by atoms with E-state index in [4.69, 9.17) is 4.42 Å². The molecule has 136 valence electrons. The summed E-state index contributed by atoms with van der Waals surface area (Å²) in [4.78, 5) is 15.3. The molecule has 5 nitrogen and oxygen atoms in total. The van der Waals surface area contributed by atoms with Crippen molar-refractivity contribution in [2.24, 2.45) is 0 Å². The fourth-order valence-electron chi connectivity index (χ4n) is 2.38. The highest BCUT2D eigenvalue weighted by Crippen LogP contribution is 2.28. The van der Waals surface area contributed by atoms with E-state index >= 15 is 0 Å². The van der Waals surface area contributed by atoms with E-state index in [9.17, 15) is 23.1 Å². The standard InChI is InChI=1S/C18H15F3N2O3/c1-17(25,15-8-11-4-2-3-5-13(11)26-15)10-23-16(24)12-6-7-14(22-9-12)18(19,20)21/h2-9,25H,10H2,1H3,(H,23,24)/t17-/m1/s1. The Bertz CT molecular complexity index is 898. The van der Waals surface area contributed by atoms with Crippen molar-refractivity contribution in [3.8, 4) is 0 Å². The van der Waals surface area contributed by atoms with Crippen LogP contribution in [0.1, 0.15) is 28.7 Å². The minimum absolute atomic E-state index is 0.0431. The molecule has 0 saturated carbocycles. The maximum Gasteiger partial charge on any atom is 0.433 e. The topological polar surface area (TPSA) is 75.4 Å². The second kappa shape index (κ2) is 6.45. The number of pyridine rings is 1. The van der Waals surface area contributed by atoms with Crippen LogP contribution in [0, 0.1) is 0 Å². The molecule has 1 aromatic carbocycles. The van der Waals surface area contributed by atoms with Crippen LogP contribution in [0.3, 0.4) is 0 Å². The molecule has 0 spiro atoms. The molecule has 2 aromatic heterocycles. The lowest BCUT2D eigenvalue weighted by Crippen LogP contribution is -2.38. The largest absolute Gasteiger partial charge is 0.458 e. The molecule has 3 rings (SSSR count). The van der Waals surface area contributed by atoms with E-state index < -0.39 is 23.4 Å².